The maximum absolute atomic E-state index is 5.13. The third-order valence-corrected chi connectivity index (χ3v) is 1.89. The molecule has 0 atom stereocenters. The number of nitrogens with one attached hydrogen (secondary N) is 1. The molecule has 2 aromatic rings. The minimum Gasteiger partial charge on any atom is -0.369 e. The number of hydrogen-bond acceptors (Lipinski definition) is 3. The molecule has 0 bridgehead atoms. The molecule has 0 aliphatic rings. The highest BCUT2D eigenvalue weighted by molar-refractivity contribution is 5.81. The Bertz CT molecular complexity index is 556. The van der Waals surface area contributed by atoms with Gasteiger partial charge in [-0.1, -0.05) is 12.1 Å². The van der Waals surface area contributed by atoms with E-state index in [9.17, 15) is 0 Å². The van der Waals surface area contributed by atoms with Crippen LogP contribution < -0.4 is 16.5 Å². The molecule has 0 spiro atoms. The summed E-state index contributed by atoms with van der Waals surface area (Å²) < 4.78 is 0. The second-order valence-electron chi connectivity index (χ2n) is 3.11. The van der Waals surface area contributed by atoms with Gasteiger partial charge in [-0.25, -0.2) is 9.97 Å². The lowest BCUT2D eigenvalue weighted by Crippen LogP contribution is -2.21. The molecule has 0 aliphatic carbocycles. The summed E-state index contributed by atoms with van der Waals surface area (Å²) >= 11 is 0. The molecule has 80 valence electrons. The molecule has 6 heteroatoms. The van der Waals surface area contributed by atoms with Crippen molar-refractivity contribution in [3.05, 3.63) is 36.2 Å². The Morgan fingerprint density at radius 2 is 2.12 bits per heavy atom. The fraction of sp³-hybridized carbons (Fsp3) is 0. The van der Waals surface area contributed by atoms with E-state index in [1.165, 1.54) is 6.21 Å². The first-order valence-electron chi connectivity index (χ1n) is 4.65. The van der Waals surface area contributed by atoms with E-state index < -0.39 is 0 Å². The summed E-state index contributed by atoms with van der Waals surface area (Å²) in [5, 5.41) is 7.17. The molecule has 2 rings (SSSR count). The number of rotatable bonds is 2. The van der Waals surface area contributed by atoms with E-state index in [0.29, 0.717) is 5.69 Å². The number of para-hydroxylation sites is 2. The molecule has 6 nitrogen and oxygen atoms in total. The van der Waals surface area contributed by atoms with Gasteiger partial charge in [0, 0.05) is 6.07 Å². The van der Waals surface area contributed by atoms with Gasteiger partial charge in [0.2, 0.25) is 11.5 Å². The van der Waals surface area contributed by atoms with Crippen molar-refractivity contribution in [1.29, 1.82) is 0 Å². The van der Waals surface area contributed by atoms with Crippen molar-refractivity contribution in [2.24, 2.45) is 21.7 Å². The smallest absolute Gasteiger partial charge is 0.229 e. The third-order valence-electron chi connectivity index (χ3n) is 1.89. The van der Waals surface area contributed by atoms with E-state index in [1.807, 2.05) is 24.3 Å². The Morgan fingerprint density at radius 1 is 1.31 bits per heavy atom. The highest BCUT2D eigenvalue weighted by Gasteiger charge is 2.01. The van der Waals surface area contributed by atoms with Crippen molar-refractivity contribution in [3.63, 3.8) is 0 Å². The summed E-state index contributed by atoms with van der Waals surface area (Å²) in [4.78, 5) is 7.43. The fourth-order valence-electron chi connectivity index (χ4n) is 1.24. The summed E-state index contributed by atoms with van der Waals surface area (Å²) in [6.45, 7) is 0. The number of nitrogens with two attached hydrogens (primary N) is 2. The first kappa shape index (κ1) is 10.0. The molecule has 1 aromatic carbocycles. The van der Waals surface area contributed by atoms with E-state index in [-0.39, 0.29) is 5.96 Å². The molecule has 0 saturated carbocycles. The zero-order valence-corrected chi connectivity index (χ0v) is 8.46. The van der Waals surface area contributed by atoms with E-state index in [2.05, 4.69) is 20.2 Å². The van der Waals surface area contributed by atoms with Crippen molar-refractivity contribution >= 4 is 23.2 Å². The fourth-order valence-corrected chi connectivity index (χ4v) is 1.24. The van der Waals surface area contributed by atoms with Gasteiger partial charge < -0.3 is 11.5 Å². The second kappa shape index (κ2) is 4.35. The first-order valence-corrected chi connectivity index (χ1v) is 4.65. The summed E-state index contributed by atoms with van der Waals surface area (Å²) in [5.74, 6) is -0.0824. The number of hydrogen-bond donors (Lipinski definition) is 2. The van der Waals surface area contributed by atoms with Crippen LogP contribution in [0.15, 0.2) is 40.7 Å². The Balaban J connectivity index is 2.33. The number of aromatic amines is 1. The third kappa shape index (κ3) is 2.30. The molecule has 0 unspecified atom stereocenters. The van der Waals surface area contributed by atoms with Crippen LogP contribution in [0.2, 0.25) is 0 Å². The largest absolute Gasteiger partial charge is 0.369 e. The molecule has 0 aliphatic heterocycles. The van der Waals surface area contributed by atoms with Crippen LogP contribution in [0.3, 0.4) is 0 Å². The Hall–Kier alpha value is -2.50. The van der Waals surface area contributed by atoms with Crippen LogP contribution in [0.1, 0.15) is 5.69 Å². The van der Waals surface area contributed by atoms with Crippen molar-refractivity contribution < 1.29 is 4.98 Å². The van der Waals surface area contributed by atoms with Crippen LogP contribution in [-0.4, -0.2) is 17.2 Å². The zero-order valence-electron chi connectivity index (χ0n) is 8.46. The molecule has 5 N–H and O–H groups in total. The maximum Gasteiger partial charge on any atom is 0.229 e. The monoisotopic (exact) mass is 215 g/mol. The number of H-pyrrole nitrogens is 1. The van der Waals surface area contributed by atoms with Crippen LogP contribution in [0.4, 0.5) is 0 Å². The molecule has 0 radical (unpaired) electrons. The van der Waals surface area contributed by atoms with E-state index >= 15 is 0 Å². The lowest BCUT2D eigenvalue weighted by molar-refractivity contribution is -0.345. The second-order valence-corrected chi connectivity index (χ2v) is 3.11. The Kier molecular flexibility index (Phi) is 2.73. The van der Waals surface area contributed by atoms with Gasteiger partial charge in [-0.2, -0.15) is 5.10 Å². The quantitative estimate of drug-likeness (QED) is 0.406. The number of aromatic nitrogens is 2. The van der Waals surface area contributed by atoms with Crippen molar-refractivity contribution in [2.75, 3.05) is 0 Å². The molecule has 1 heterocycles. The maximum atomic E-state index is 5.13. The predicted molar refractivity (Wildman–Crippen MR) is 61.7 cm³/mol. The standard InChI is InChI=1S/C10H10N6/c11-10(12)16-14-6-7-5-13-8-3-1-2-4-9(8)15-7/h1-6H,(H4,11,12,16)/p+1/b14-6-. The SMILES string of the molecule is NC(N)=N/N=C\c1c[nH+]c2ccccc2n1. The minimum atomic E-state index is -0.0824. The van der Waals surface area contributed by atoms with Gasteiger partial charge in [0.15, 0.2) is 6.20 Å². The van der Waals surface area contributed by atoms with Crippen molar-refractivity contribution in [2.45, 2.75) is 0 Å². The van der Waals surface area contributed by atoms with Gasteiger partial charge in [0.05, 0.1) is 6.21 Å². The van der Waals surface area contributed by atoms with Gasteiger partial charge in [0.1, 0.15) is 11.2 Å². The number of fused-ring (bicyclic) bond motifs is 1. The number of nitrogens with zero attached hydrogens (tertiary/aromatic N) is 3. The molecule has 0 fully saturated rings. The molecule has 1 aromatic heterocycles. The Labute approximate surface area is 91.7 Å². The van der Waals surface area contributed by atoms with E-state index in [4.69, 9.17) is 11.5 Å². The zero-order chi connectivity index (χ0) is 11.4. The van der Waals surface area contributed by atoms with Crippen molar-refractivity contribution in [3.8, 4) is 0 Å². The van der Waals surface area contributed by atoms with Crippen LogP contribution in [0.5, 0.6) is 0 Å². The molecule has 16 heavy (non-hydrogen) atoms. The molecular weight excluding hydrogens is 204 g/mol. The van der Waals surface area contributed by atoms with Gasteiger partial charge in [-0.15, -0.1) is 5.10 Å². The van der Waals surface area contributed by atoms with Gasteiger partial charge in [-0.05, 0) is 6.07 Å². The molecular formula is C10H11N6+. The lowest BCUT2D eigenvalue weighted by Gasteiger charge is -1.91. The van der Waals surface area contributed by atoms with Crippen molar-refractivity contribution in [1.82, 2.24) is 4.98 Å². The topological polar surface area (TPSA) is 104 Å². The van der Waals surface area contributed by atoms with E-state index in [0.717, 1.165) is 11.0 Å². The van der Waals surface area contributed by atoms with Crippen LogP contribution in [0.25, 0.3) is 11.0 Å². The predicted octanol–water partition coefficient (Wildman–Crippen LogP) is -0.344. The van der Waals surface area contributed by atoms with Crippen LogP contribution >= 0.6 is 0 Å². The van der Waals surface area contributed by atoms with Crippen LogP contribution in [0, 0.1) is 0 Å². The average molecular weight is 215 g/mol. The highest BCUT2D eigenvalue weighted by Crippen LogP contribution is 2.03. The normalized spacial score (nSPS) is 10.8. The summed E-state index contributed by atoms with van der Waals surface area (Å²) in [6.07, 6.45) is 3.21. The van der Waals surface area contributed by atoms with Crippen LogP contribution in [-0.2, 0) is 0 Å². The van der Waals surface area contributed by atoms with E-state index in [1.54, 1.807) is 6.20 Å². The first-order chi connectivity index (χ1) is 7.75. The Morgan fingerprint density at radius 3 is 2.94 bits per heavy atom. The molecule has 0 amide bonds. The lowest BCUT2D eigenvalue weighted by atomic mass is 10.3. The van der Waals surface area contributed by atoms with Gasteiger partial charge in [0.25, 0.3) is 0 Å². The van der Waals surface area contributed by atoms with Gasteiger partial charge in [-0.3, -0.25) is 0 Å². The molecule has 0 saturated heterocycles. The highest BCUT2D eigenvalue weighted by atomic mass is 15.3. The summed E-state index contributed by atoms with van der Waals surface area (Å²) in [6, 6.07) is 7.71. The minimum absolute atomic E-state index is 0.0824. The average Bonchev–Trinajstić information content (AvgIpc) is 2.28. The summed E-state index contributed by atoms with van der Waals surface area (Å²) in [7, 11) is 0. The summed E-state index contributed by atoms with van der Waals surface area (Å²) in [5.41, 5.74) is 12.7. The van der Waals surface area contributed by atoms with Gasteiger partial charge >= 0.3 is 0 Å². The number of guanidine groups is 1. The number of benzene rings is 1.